The van der Waals surface area contributed by atoms with Crippen molar-refractivity contribution in [3.8, 4) is 0 Å². The number of carbonyl (C=O) groups excluding carboxylic acids is 1. The first-order valence-corrected chi connectivity index (χ1v) is 8.16. The Bertz CT molecular complexity index is 571. The van der Waals surface area contributed by atoms with Crippen molar-refractivity contribution in [1.82, 2.24) is 5.32 Å². The van der Waals surface area contributed by atoms with E-state index in [4.69, 9.17) is 5.73 Å². The van der Waals surface area contributed by atoms with Gasteiger partial charge in [-0.3, -0.25) is 4.79 Å². The number of hydrogen-bond acceptors (Lipinski definition) is 2. The lowest BCUT2D eigenvalue weighted by Gasteiger charge is -2.28. The molecule has 0 saturated carbocycles. The maximum Gasteiger partial charge on any atom is 0.224 e. The lowest BCUT2D eigenvalue weighted by Crippen LogP contribution is -2.44. The van der Waals surface area contributed by atoms with Crippen LogP contribution >= 0.6 is 0 Å². The molecular weight excluding hydrogens is 284 g/mol. The van der Waals surface area contributed by atoms with Crippen molar-refractivity contribution in [3.05, 3.63) is 71.8 Å². The van der Waals surface area contributed by atoms with E-state index in [0.29, 0.717) is 0 Å². The molecule has 3 N–H and O–H groups in total. The van der Waals surface area contributed by atoms with Gasteiger partial charge in [-0.1, -0.05) is 67.6 Å². The van der Waals surface area contributed by atoms with Gasteiger partial charge in [0.05, 0.1) is 0 Å². The molecule has 0 spiro atoms. The predicted molar refractivity (Wildman–Crippen MR) is 95.1 cm³/mol. The fourth-order valence-corrected chi connectivity index (χ4v) is 2.77. The smallest absolute Gasteiger partial charge is 0.224 e. The monoisotopic (exact) mass is 310 g/mol. The van der Waals surface area contributed by atoms with Crippen LogP contribution in [0.25, 0.3) is 0 Å². The molecule has 3 heteroatoms. The molecule has 3 unspecified atom stereocenters. The molecule has 0 aromatic heterocycles. The largest absolute Gasteiger partial charge is 0.352 e. The Labute approximate surface area is 138 Å². The second-order valence-corrected chi connectivity index (χ2v) is 6.24. The quantitative estimate of drug-likeness (QED) is 0.860. The van der Waals surface area contributed by atoms with Gasteiger partial charge in [0.25, 0.3) is 0 Å². The molecule has 1 amide bonds. The molecule has 2 aromatic carbocycles. The number of amides is 1. The van der Waals surface area contributed by atoms with Crippen LogP contribution in [0.2, 0.25) is 0 Å². The summed E-state index contributed by atoms with van der Waals surface area (Å²) in [5.74, 6) is -0.0874. The van der Waals surface area contributed by atoms with Crippen LogP contribution in [0.15, 0.2) is 60.7 Å². The molecule has 0 saturated heterocycles. The molecule has 23 heavy (non-hydrogen) atoms. The number of benzene rings is 2. The summed E-state index contributed by atoms with van der Waals surface area (Å²) in [4.78, 5) is 12.4. The summed E-state index contributed by atoms with van der Waals surface area (Å²) in [6, 6.07) is 20.4. The van der Waals surface area contributed by atoms with E-state index in [1.165, 1.54) is 11.1 Å². The highest BCUT2D eigenvalue weighted by molar-refractivity contribution is 5.79. The molecule has 3 atom stereocenters. The average molecular weight is 310 g/mol. The molecule has 0 fully saturated rings. The van der Waals surface area contributed by atoms with Gasteiger partial charge >= 0.3 is 0 Å². The topological polar surface area (TPSA) is 55.1 Å². The normalized spacial score (nSPS) is 15.0. The Balaban J connectivity index is 2.26. The minimum atomic E-state index is -0.204. The third-order valence-electron chi connectivity index (χ3n) is 4.39. The van der Waals surface area contributed by atoms with Crippen molar-refractivity contribution >= 4 is 5.91 Å². The van der Waals surface area contributed by atoms with Crippen LogP contribution in [0.4, 0.5) is 0 Å². The fourth-order valence-electron chi connectivity index (χ4n) is 2.77. The van der Waals surface area contributed by atoms with Crippen LogP contribution in [0, 0.1) is 5.92 Å². The summed E-state index contributed by atoms with van der Waals surface area (Å²) in [7, 11) is 0. The first-order chi connectivity index (χ1) is 11.0. The predicted octanol–water partition coefficient (Wildman–Crippen LogP) is 3.31. The zero-order valence-electron chi connectivity index (χ0n) is 14.1. The Morgan fingerprint density at radius 1 is 0.870 bits per heavy atom. The van der Waals surface area contributed by atoms with Crippen LogP contribution in [-0.4, -0.2) is 18.0 Å². The van der Waals surface area contributed by atoms with Crippen molar-refractivity contribution < 1.29 is 4.79 Å². The second-order valence-electron chi connectivity index (χ2n) is 6.24. The number of nitrogens with two attached hydrogens (primary N) is 1. The van der Waals surface area contributed by atoms with Crippen LogP contribution in [0.5, 0.6) is 0 Å². The van der Waals surface area contributed by atoms with Crippen LogP contribution in [-0.2, 0) is 4.79 Å². The van der Waals surface area contributed by atoms with E-state index in [0.717, 1.165) is 0 Å². The van der Waals surface area contributed by atoms with E-state index >= 15 is 0 Å². The summed E-state index contributed by atoms with van der Waals surface area (Å²) < 4.78 is 0. The number of nitrogens with one attached hydrogen (secondary N) is 1. The lowest BCUT2D eigenvalue weighted by atomic mass is 9.85. The van der Waals surface area contributed by atoms with E-state index < -0.39 is 0 Å². The van der Waals surface area contributed by atoms with Crippen molar-refractivity contribution in [3.63, 3.8) is 0 Å². The molecule has 2 aromatic rings. The number of rotatable bonds is 6. The van der Waals surface area contributed by atoms with E-state index in [1.807, 2.05) is 50.2 Å². The second kappa shape index (κ2) is 7.93. The van der Waals surface area contributed by atoms with Crippen LogP contribution in [0.1, 0.15) is 37.8 Å². The van der Waals surface area contributed by atoms with E-state index in [9.17, 15) is 4.79 Å². The highest BCUT2D eigenvalue weighted by Gasteiger charge is 2.25. The molecular formula is C20H26N2O. The highest BCUT2D eigenvalue weighted by Crippen LogP contribution is 2.28. The van der Waals surface area contributed by atoms with Crippen molar-refractivity contribution in [2.45, 2.75) is 38.8 Å². The van der Waals surface area contributed by atoms with E-state index in [1.54, 1.807) is 0 Å². The third kappa shape index (κ3) is 4.42. The Morgan fingerprint density at radius 3 is 1.70 bits per heavy atom. The van der Waals surface area contributed by atoms with Crippen molar-refractivity contribution in [2.75, 3.05) is 0 Å². The molecule has 2 rings (SSSR count). The molecule has 0 aliphatic heterocycles. The maximum atomic E-state index is 12.4. The molecule has 0 radical (unpaired) electrons. The zero-order chi connectivity index (χ0) is 16.8. The van der Waals surface area contributed by atoms with Crippen molar-refractivity contribution in [1.29, 1.82) is 0 Å². The molecule has 0 heterocycles. The standard InChI is InChI=1S/C20H26N2O/c1-14(15(2)21)20(23)22-16(3)19(17-10-6-4-7-11-17)18-12-8-5-9-13-18/h4-16,19H,21H2,1-3H3,(H,22,23). The van der Waals surface area contributed by atoms with Crippen LogP contribution in [0.3, 0.4) is 0 Å². The average Bonchev–Trinajstić information content (AvgIpc) is 2.56. The lowest BCUT2D eigenvalue weighted by molar-refractivity contribution is -0.125. The van der Waals surface area contributed by atoms with Crippen molar-refractivity contribution in [2.24, 2.45) is 11.7 Å². The summed E-state index contributed by atoms with van der Waals surface area (Å²) in [5.41, 5.74) is 8.24. The Kier molecular flexibility index (Phi) is 5.94. The molecule has 122 valence electrons. The molecule has 0 bridgehead atoms. The molecule has 3 nitrogen and oxygen atoms in total. The van der Waals surface area contributed by atoms with Gasteiger partial charge in [0.2, 0.25) is 5.91 Å². The number of carbonyl (C=O) groups is 1. The first kappa shape index (κ1) is 17.2. The zero-order valence-corrected chi connectivity index (χ0v) is 14.1. The Hall–Kier alpha value is -2.13. The fraction of sp³-hybridized carbons (Fsp3) is 0.350. The summed E-state index contributed by atoms with van der Waals surface area (Å²) in [6.07, 6.45) is 0. The minimum Gasteiger partial charge on any atom is -0.352 e. The minimum absolute atomic E-state index is 0.00404. The van der Waals surface area contributed by atoms with Gasteiger partial charge in [0, 0.05) is 23.9 Å². The van der Waals surface area contributed by atoms with Gasteiger partial charge in [-0.2, -0.15) is 0 Å². The number of hydrogen-bond donors (Lipinski definition) is 2. The highest BCUT2D eigenvalue weighted by atomic mass is 16.1. The maximum absolute atomic E-state index is 12.4. The summed E-state index contributed by atoms with van der Waals surface area (Å²) >= 11 is 0. The van der Waals surface area contributed by atoms with Gasteiger partial charge in [-0.15, -0.1) is 0 Å². The summed E-state index contributed by atoms with van der Waals surface area (Å²) in [5, 5.41) is 3.14. The SMILES string of the molecule is CC(N)C(C)C(=O)NC(C)C(c1ccccc1)c1ccccc1. The van der Waals surface area contributed by atoms with Crippen LogP contribution < -0.4 is 11.1 Å². The van der Waals surface area contributed by atoms with Gasteiger partial charge in [0.1, 0.15) is 0 Å². The van der Waals surface area contributed by atoms with E-state index in [-0.39, 0.29) is 29.8 Å². The third-order valence-corrected chi connectivity index (χ3v) is 4.39. The van der Waals surface area contributed by atoms with Gasteiger partial charge in [-0.25, -0.2) is 0 Å². The molecule has 0 aliphatic carbocycles. The molecule has 0 aliphatic rings. The van der Waals surface area contributed by atoms with Gasteiger partial charge < -0.3 is 11.1 Å². The summed E-state index contributed by atoms with van der Waals surface area (Å²) in [6.45, 7) is 5.78. The van der Waals surface area contributed by atoms with Gasteiger partial charge in [0.15, 0.2) is 0 Å². The first-order valence-electron chi connectivity index (χ1n) is 8.16. The van der Waals surface area contributed by atoms with E-state index in [2.05, 4.69) is 36.5 Å². The van der Waals surface area contributed by atoms with Gasteiger partial charge in [-0.05, 0) is 25.0 Å². The Morgan fingerprint density at radius 2 is 1.30 bits per heavy atom.